The molecular weight excluding hydrogens is 905 g/mol. The maximum absolute atomic E-state index is 6.56. The summed E-state index contributed by atoms with van der Waals surface area (Å²) in [6.07, 6.45) is 0. The zero-order chi connectivity index (χ0) is 44.6. The summed E-state index contributed by atoms with van der Waals surface area (Å²) in [5, 5.41) is 99.8. The van der Waals surface area contributed by atoms with Gasteiger partial charge >= 0.3 is 0 Å². The van der Waals surface area contributed by atoms with E-state index in [-0.39, 0.29) is 0 Å². The van der Waals surface area contributed by atoms with E-state index in [1.54, 1.807) is 302 Å². The number of hydrogen-bond acceptors (Lipinski definition) is 2. The van der Waals surface area contributed by atoms with Gasteiger partial charge in [0.25, 0.3) is 0 Å². The molecule has 0 bridgehead atoms. The molecule has 5 aliphatic rings. The van der Waals surface area contributed by atoms with Crippen LogP contribution in [0.4, 0.5) is 0 Å². The van der Waals surface area contributed by atoms with Gasteiger partial charge in [-0.1, -0.05) is 60.7 Å². The molecule has 312 valence electrons. The second-order valence-corrected chi connectivity index (χ2v) is 26.9. The van der Waals surface area contributed by atoms with Crippen molar-refractivity contribution in [2.75, 3.05) is 0 Å². The van der Waals surface area contributed by atoms with Crippen LogP contribution in [0.5, 0.6) is 0 Å². The standard InChI is InChI=1S/C73H10N2/c1-3-7-11(8-4-1)72(12-9-5-2-6-10-12)71-67-59-51-41-31-23-15-13-14-17-21-19(15)27-35-29(21)39-33-25(17)26-18(14)22-20-16(13)24(23)32-38-28(20)36-30(22)40-34(26)44-43(33)55-49(39)57-47(35)53(45(51)37(27)31)61(67)63(57)69-65(55)66-56(44)50(40)58-48(36)54-46(38)52(42(32)41)60(59)68(71)62(54)64(58)70(66)73(69,71)75-74-72/h1-10H. The fourth-order valence-electron chi connectivity index (χ4n) is 26.3. The van der Waals surface area contributed by atoms with Gasteiger partial charge in [0.2, 0.25) is 0 Å². The molecule has 0 aromatic heterocycles. The fourth-order valence-corrected chi connectivity index (χ4v) is 26.3. The highest BCUT2D eigenvalue weighted by Crippen LogP contribution is 2.88. The molecular formula is C73H10N2. The average molecular weight is 915 g/mol. The van der Waals surface area contributed by atoms with Crippen molar-refractivity contribution in [1.29, 1.82) is 0 Å². The molecule has 1 heterocycles. The van der Waals surface area contributed by atoms with E-state index in [4.69, 9.17) is 10.2 Å². The van der Waals surface area contributed by atoms with Crippen LogP contribution in [-0.4, -0.2) is 0 Å². The van der Waals surface area contributed by atoms with Gasteiger partial charge in [0.1, 0.15) is 5.54 Å². The van der Waals surface area contributed by atoms with Gasteiger partial charge in [-0.2, -0.15) is 10.2 Å². The summed E-state index contributed by atoms with van der Waals surface area (Å²) in [6, 6.07) is 23.5. The first-order valence-electron chi connectivity index (χ1n) is 27.7. The van der Waals surface area contributed by atoms with E-state index < -0.39 is 16.5 Å². The van der Waals surface area contributed by atoms with E-state index >= 15 is 0 Å². The number of benzene rings is 20. The predicted octanol–water partition coefficient (Wildman–Crippen LogP) is 19.7. The first-order chi connectivity index (χ1) is 37.4. The van der Waals surface area contributed by atoms with Gasteiger partial charge in [0, 0.05) is 11.1 Å². The zero-order valence-corrected chi connectivity index (χ0v) is 38.2. The Kier molecular flexibility index (Phi) is 2.42. The van der Waals surface area contributed by atoms with E-state index in [1.807, 2.05) is 0 Å². The molecule has 0 radical (unpaired) electrons. The Morgan fingerprint density at radius 2 is 0.320 bits per heavy atom. The third-order valence-corrected chi connectivity index (χ3v) is 26.5. The minimum absolute atomic E-state index is 0.714. The predicted molar refractivity (Wildman–Crippen MR) is 312 cm³/mol. The first kappa shape index (κ1) is 28.1. The molecule has 30 aromatic carbocycles. The molecule has 2 nitrogen and oxygen atoms in total. The highest BCUT2D eigenvalue weighted by Gasteiger charge is 2.80. The van der Waals surface area contributed by atoms with Crippen LogP contribution in [0.3, 0.4) is 0 Å². The lowest BCUT2D eigenvalue weighted by Crippen LogP contribution is -2.59. The van der Waals surface area contributed by atoms with Crippen LogP contribution >= 0.6 is 0 Å². The monoisotopic (exact) mass is 914 g/mol. The molecule has 0 saturated carbocycles. The van der Waals surface area contributed by atoms with Crippen molar-refractivity contribution in [2.24, 2.45) is 10.2 Å². The SMILES string of the molecule is c1ccc(C2(c3ccccc3)N=NC34c5c6c7c8c9c%10c(c%11c%12c3c3c5c5c%13c6c6c7c7c9c9c%14c%10c%10c%11c%11c%12c%12c3c3c5c5c%13c%13c6c6c7c9c7c9c%14c%10c%10c%11c%11c%12c3c3c5c5c%13c6c7c6c9c%10c%11c3c56)C824)cc1. The first-order valence-corrected chi connectivity index (χ1v) is 27.7. The van der Waals surface area contributed by atoms with Gasteiger partial charge in [-0.05, 0) is 313 Å². The third-order valence-electron chi connectivity index (χ3n) is 26.5. The van der Waals surface area contributed by atoms with Gasteiger partial charge in [-0.25, -0.2) is 0 Å². The molecule has 0 N–H and O–H groups in total. The van der Waals surface area contributed by atoms with Crippen LogP contribution in [-0.2, 0) is 16.5 Å². The summed E-state index contributed by atoms with van der Waals surface area (Å²) in [5.41, 5.74) is 6.41. The lowest BCUT2D eigenvalue weighted by atomic mass is 9.45. The lowest BCUT2D eigenvalue weighted by Gasteiger charge is -2.54. The summed E-state index contributed by atoms with van der Waals surface area (Å²) in [5.74, 6) is 0. The molecule has 0 saturated heterocycles. The quantitative estimate of drug-likeness (QED) is 0.154. The van der Waals surface area contributed by atoms with Crippen molar-refractivity contribution in [3.63, 3.8) is 0 Å². The van der Waals surface area contributed by atoms with Crippen molar-refractivity contribution in [2.45, 2.75) is 16.5 Å². The van der Waals surface area contributed by atoms with Crippen molar-refractivity contribution < 1.29 is 0 Å². The Labute approximate surface area is 409 Å². The Balaban J connectivity index is 1.14. The van der Waals surface area contributed by atoms with E-state index in [0.717, 1.165) is 0 Å². The molecule has 75 heavy (non-hydrogen) atoms. The third kappa shape index (κ3) is 1.52. The van der Waals surface area contributed by atoms with Crippen LogP contribution in [0.1, 0.15) is 33.4 Å². The van der Waals surface area contributed by atoms with Crippen molar-refractivity contribution >= 4 is 291 Å². The van der Waals surface area contributed by atoms with Gasteiger partial charge in [-0.3, -0.25) is 0 Å². The summed E-state index contributed by atoms with van der Waals surface area (Å²) in [7, 11) is 0. The zero-order valence-electron chi connectivity index (χ0n) is 38.2. The van der Waals surface area contributed by atoms with Gasteiger partial charge < -0.3 is 0 Å². The van der Waals surface area contributed by atoms with Crippen LogP contribution in [0, 0.1) is 0 Å². The van der Waals surface area contributed by atoms with Gasteiger partial charge in [0.05, 0.1) is 5.41 Å². The number of nitrogens with zero attached hydrogens (tertiary/aromatic N) is 2. The molecule has 4 aliphatic carbocycles. The Bertz CT molecular complexity index is 7570. The molecule has 30 aromatic rings. The molecule has 1 aliphatic heterocycles. The molecule has 0 fully saturated rings. The largest absolute Gasteiger partial charge is 0.175 e. The molecule has 2 heteroatoms. The van der Waals surface area contributed by atoms with E-state index in [9.17, 15) is 0 Å². The average Bonchev–Trinajstić information content (AvgIpc) is 4.22. The maximum Gasteiger partial charge on any atom is 0.151 e. The topological polar surface area (TPSA) is 24.7 Å². The molecule has 35 rings (SSSR count). The summed E-state index contributed by atoms with van der Waals surface area (Å²) < 4.78 is 0. The van der Waals surface area contributed by atoms with Crippen LogP contribution in [0.25, 0.3) is 291 Å². The Morgan fingerprint density at radius 3 is 0.520 bits per heavy atom. The number of azo groups is 1. The van der Waals surface area contributed by atoms with E-state index in [1.165, 1.54) is 22.3 Å². The fraction of sp³-hybridized carbons (Fsp3) is 0.0411. The van der Waals surface area contributed by atoms with Gasteiger partial charge in [-0.15, -0.1) is 0 Å². The molecule has 0 unspecified atom stereocenters. The summed E-state index contributed by atoms with van der Waals surface area (Å²) >= 11 is 0. The normalized spacial score (nSPS) is 22.3. The maximum atomic E-state index is 6.56. The minimum Gasteiger partial charge on any atom is -0.175 e. The number of rotatable bonds is 2. The van der Waals surface area contributed by atoms with Crippen LogP contribution < -0.4 is 0 Å². The van der Waals surface area contributed by atoms with E-state index in [2.05, 4.69) is 60.7 Å². The van der Waals surface area contributed by atoms with E-state index in [0.29, 0.717) is 0 Å². The smallest absolute Gasteiger partial charge is 0.151 e. The highest BCUT2D eigenvalue weighted by atomic mass is 15.3. The summed E-state index contributed by atoms with van der Waals surface area (Å²) in [4.78, 5) is 0. The summed E-state index contributed by atoms with van der Waals surface area (Å²) in [6.45, 7) is 0. The minimum atomic E-state index is -0.876. The van der Waals surface area contributed by atoms with Gasteiger partial charge in [0.15, 0.2) is 5.54 Å². The second-order valence-electron chi connectivity index (χ2n) is 26.9. The molecule has 0 atom stereocenters. The molecule has 2 spiro atoms. The number of hydrogen-bond donors (Lipinski definition) is 0. The lowest BCUT2D eigenvalue weighted by molar-refractivity contribution is 0.275. The van der Waals surface area contributed by atoms with Crippen molar-refractivity contribution in [1.82, 2.24) is 0 Å². The van der Waals surface area contributed by atoms with Crippen molar-refractivity contribution in [3.05, 3.63) is 94.0 Å². The Morgan fingerprint density at radius 1 is 0.160 bits per heavy atom. The van der Waals surface area contributed by atoms with Crippen LogP contribution in [0.15, 0.2) is 70.9 Å². The molecule has 0 amide bonds. The van der Waals surface area contributed by atoms with Crippen molar-refractivity contribution in [3.8, 4) is 0 Å². The van der Waals surface area contributed by atoms with Crippen LogP contribution in [0.2, 0.25) is 0 Å². The Hall–Kier alpha value is -9.50. The highest BCUT2D eigenvalue weighted by molar-refractivity contribution is 6.82. The second kappa shape index (κ2) is 6.47.